The van der Waals surface area contributed by atoms with Gasteiger partial charge in [-0.3, -0.25) is 0 Å². The first-order valence-electron chi connectivity index (χ1n) is 6.72. The van der Waals surface area contributed by atoms with E-state index in [9.17, 15) is 24.6 Å². The molecule has 2 N–H and O–H groups in total. The smallest absolute Gasteiger partial charge is 0.355 e. The van der Waals surface area contributed by atoms with E-state index in [0.29, 0.717) is 0 Å². The molecule has 0 saturated carbocycles. The molecule has 0 fully saturated rings. The molecule has 0 bridgehead atoms. The average Bonchev–Trinajstić information content (AvgIpc) is 2.59. The van der Waals surface area contributed by atoms with Gasteiger partial charge in [0, 0.05) is 0 Å². The lowest BCUT2D eigenvalue weighted by Crippen LogP contribution is -2.39. The van der Waals surface area contributed by atoms with Gasteiger partial charge in [0.05, 0.1) is 37.7 Å². The molecule has 0 spiro atoms. The fourth-order valence-corrected chi connectivity index (χ4v) is 2.26. The number of carboxylic acid groups (broad SMARTS) is 1. The van der Waals surface area contributed by atoms with Crippen molar-refractivity contribution in [3.8, 4) is 5.75 Å². The van der Waals surface area contributed by atoms with Crippen molar-refractivity contribution < 1.29 is 38.8 Å². The summed E-state index contributed by atoms with van der Waals surface area (Å²) in [5.74, 6) is -3.22. The normalized spacial score (nSPS) is 14.3. The van der Waals surface area contributed by atoms with E-state index in [2.05, 4.69) is 4.74 Å². The molecule has 1 heterocycles. The van der Waals surface area contributed by atoms with Gasteiger partial charge >= 0.3 is 17.9 Å². The Bertz CT molecular complexity index is 724. The van der Waals surface area contributed by atoms with Crippen molar-refractivity contribution in [1.29, 1.82) is 0 Å². The van der Waals surface area contributed by atoms with Crippen LogP contribution in [0.25, 0.3) is 0 Å². The molecule has 0 aliphatic carbocycles. The molecule has 128 valence electrons. The van der Waals surface area contributed by atoms with Crippen LogP contribution in [0.4, 0.5) is 5.69 Å². The summed E-state index contributed by atoms with van der Waals surface area (Å²) in [5.41, 5.74) is -0.489. The highest BCUT2D eigenvalue weighted by Crippen LogP contribution is 2.31. The van der Waals surface area contributed by atoms with Crippen LogP contribution >= 0.6 is 0 Å². The highest BCUT2D eigenvalue weighted by Gasteiger charge is 2.34. The maximum absolute atomic E-state index is 12.1. The van der Waals surface area contributed by atoms with E-state index in [1.807, 2.05) is 0 Å². The number of hydrogen-bond donors (Lipinski definition) is 2. The molecular formula is C15H15NO8. The molecule has 2 rings (SSSR count). The zero-order chi connectivity index (χ0) is 17.9. The SMILES string of the molecule is COC(=O)C1=C(C(=O)OC)N(c2ccc(O)cc2C(=O)O)COC1. The van der Waals surface area contributed by atoms with Crippen LogP contribution in [0.15, 0.2) is 29.5 Å². The van der Waals surface area contributed by atoms with E-state index in [4.69, 9.17) is 9.47 Å². The summed E-state index contributed by atoms with van der Waals surface area (Å²) in [6.45, 7) is -0.371. The number of phenols is 1. The highest BCUT2D eigenvalue weighted by molar-refractivity contribution is 6.05. The Hall–Kier alpha value is -3.07. The first-order chi connectivity index (χ1) is 11.4. The molecule has 1 aromatic carbocycles. The minimum atomic E-state index is -1.32. The number of nitrogens with zero attached hydrogens (tertiary/aromatic N) is 1. The molecule has 0 atom stereocenters. The van der Waals surface area contributed by atoms with E-state index in [1.165, 1.54) is 17.0 Å². The van der Waals surface area contributed by atoms with Crippen molar-refractivity contribution >= 4 is 23.6 Å². The standard InChI is InChI=1S/C15H15NO8/c1-22-14(20)10-6-24-7-16(12(10)15(21)23-2)11-4-3-8(17)5-9(11)13(18)19/h3-5,17H,6-7H2,1-2H3,(H,18,19). The van der Waals surface area contributed by atoms with Gasteiger partial charge in [0.15, 0.2) is 0 Å². The molecule has 9 heteroatoms. The summed E-state index contributed by atoms with van der Waals surface area (Å²) in [6.07, 6.45) is 0. The minimum Gasteiger partial charge on any atom is -0.508 e. The second kappa shape index (κ2) is 7.01. The summed E-state index contributed by atoms with van der Waals surface area (Å²) < 4.78 is 14.6. The molecule has 0 unspecified atom stereocenters. The lowest BCUT2D eigenvalue weighted by molar-refractivity contribution is -0.140. The third-order valence-electron chi connectivity index (χ3n) is 3.33. The number of carbonyl (C=O) groups excluding carboxylic acids is 2. The van der Waals surface area contributed by atoms with Crippen LogP contribution in [-0.4, -0.2) is 55.7 Å². The van der Waals surface area contributed by atoms with Gasteiger partial charge in [0.1, 0.15) is 18.2 Å². The highest BCUT2D eigenvalue weighted by atomic mass is 16.5. The zero-order valence-corrected chi connectivity index (χ0v) is 12.9. The van der Waals surface area contributed by atoms with Gasteiger partial charge in [-0.1, -0.05) is 0 Å². The first-order valence-corrected chi connectivity index (χ1v) is 6.72. The fourth-order valence-electron chi connectivity index (χ4n) is 2.26. The van der Waals surface area contributed by atoms with Crippen molar-refractivity contribution in [1.82, 2.24) is 0 Å². The van der Waals surface area contributed by atoms with Crippen LogP contribution in [0.1, 0.15) is 10.4 Å². The average molecular weight is 337 g/mol. The predicted octanol–water partition coefficient (Wildman–Crippen LogP) is 0.485. The zero-order valence-electron chi connectivity index (χ0n) is 12.9. The van der Waals surface area contributed by atoms with Gasteiger partial charge in [-0.25, -0.2) is 14.4 Å². The number of carboxylic acids is 1. The Morgan fingerprint density at radius 1 is 1.17 bits per heavy atom. The number of aromatic carboxylic acids is 1. The summed E-state index contributed by atoms with van der Waals surface area (Å²) >= 11 is 0. The van der Waals surface area contributed by atoms with Crippen LogP contribution in [0, 0.1) is 0 Å². The molecule has 0 radical (unpaired) electrons. The summed E-state index contributed by atoms with van der Waals surface area (Å²) in [6, 6.07) is 3.58. The van der Waals surface area contributed by atoms with E-state index in [1.54, 1.807) is 0 Å². The van der Waals surface area contributed by atoms with Crippen LogP contribution < -0.4 is 4.90 Å². The molecular weight excluding hydrogens is 322 g/mol. The Morgan fingerprint density at radius 2 is 1.83 bits per heavy atom. The third kappa shape index (κ3) is 3.15. The first kappa shape index (κ1) is 17.3. The Kier molecular flexibility index (Phi) is 5.05. The number of aromatic hydroxyl groups is 1. The predicted molar refractivity (Wildman–Crippen MR) is 79.4 cm³/mol. The number of esters is 2. The quantitative estimate of drug-likeness (QED) is 0.755. The number of methoxy groups -OCH3 is 2. The van der Waals surface area contributed by atoms with Crippen molar-refractivity contribution in [3.63, 3.8) is 0 Å². The topological polar surface area (TPSA) is 123 Å². The largest absolute Gasteiger partial charge is 0.508 e. The van der Waals surface area contributed by atoms with Crippen LogP contribution in [0.2, 0.25) is 0 Å². The molecule has 1 aliphatic rings. The summed E-state index contributed by atoms with van der Waals surface area (Å²) in [5, 5.41) is 18.8. The van der Waals surface area contributed by atoms with E-state index in [-0.39, 0.29) is 41.6 Å². The lowest BCUT2D eigenvalue weighted by Gasteiger charge is -2.32. The van der Waals surface area contributed by atoms with Crippen LogP contribution in [0.3, 0.4) is 0 Å². The van der Waals surface area contributed by atoms with Gasteiger partial charge in [-0.2, -0.15) is 0 Å². The molecule has 0 saturated heterocycles. The van der Waals surface area contributed by atoms with Gasteiger partial charge in [0.2, 0.25) is 0 Å². The molecule has 1 aromatic rings. The monoisotopic (exact) mass is 337 g/mol. The molecule has 9 nitrogen and oxygen atoms in total. The summed E-state index contributed by atoms with van der Waals surface area (Å²) in [7, 11) is 2.28. The van der Waals surface area contributed by atoms with Crippen molar-refractivity contribution in [2.75, 3.05) is 32.5 Å². The van der Waals surface area contributed by atoms with Gasteiger partial charge < -0.3 is 29.3 Å². The maximum atomic E-state index is 12.1. The van der Waals surface area contributed by atoms with Gasteiger partial charge in [-0.05, 0) is 18.2 Å². The maximum Gasteiger partial charge on any atom is 0.355 e. The number of rotatable bonds is 4. The summed E-state index contributed by atoms with van der Waals surface area (Å²) in [4.78, 5) is 36.7. The van der Waals surface area contributed by atoms with E-state index < -0.39 is 17.9 Å². The van der Waals surface area contributed by atoms with E-state index >= 15 is 0 Å². The molecule has 1 aliphatic heterocycles. The van der Waals surface area contributed by atoms with Crippen LogP contribution in [-0.2, 0) is 23.8 Å². The molecule has 24 heavy (non-hydrogen) atoms. The Morgan fingerprint density at radius 3 is 2.42 bits per heavy atom. The molecule has 0 aromatic heterocycles. The van der Waals surface area contributed by atoms with E-state index in [0.717, 1.165) is 20.3 Å². The number of carbonyl (C=O) groups is 3. The fraction of sp³-hybridized carbons (Fsp3) is 0.267. The van der Waals surface area contributed by atoms with Crippen LogP contribution in [0.5, 0.6) is 5.75 Å². The Balaban J connectivity index is 2.66. The van der Waals surface area contributed by atoms with Gasteiger partial charge in [-0.15, -0.1) is 0 Å². The third-order valence-corrected chi connectivity index (χ3v) is 3.33. The second-order valence-electron chi connectivity index (χ2n) is 4.72. The number of anilines is 1. The Labute approximate surface area is 136 Å². The van der Waals surface area contributed by atoms with Gasteiger partial charge in [0.25, 0.3) is 0 Å². The second-order valence-corrected chi connectivity index (χ2v) is 4.72. The lowest BCUT2D eigenvalue weighted by atomic mass is 10.1. The minimum absolute atomic E-state index is 0.0572. The van der Waals surface area contributed by atoms with Crippen molar-refractivity contribution in [2.24, 2.45) is 0 Å². The number of phenolic OH excluding ortho intramolecular Hbond substituents is 1. The number of hydrogen-bond acceptors (Lipinski definition) is 8. The molecule has 0 amide bonds. The van der Waals surface area contributed by atoms with Crippen molar-refractivity contribution in [3.05, 3.63) is 35.0 Å². The number of benzene rings is 1. The number of ether oxygens (including phenoxy) is 3. The van der Waals surface area contributed by atoms with Crippen molar-refractivity contribution in [2.45, 2.75) is 0 Å².